The highest BCUT2D eigenvalue weighted by molar-refractivity contribution is 9.12. The Labute approximate surface area is 81.2 Å². The Morgan fingerprint density at radius 3 is 2.73 bits per heavy atom. The van der Waals surface area contributed by atoms with E-state index in [0.717, 1.165) is 6.29 Å². The third kappa shape index (κ3) is 2.01. The Hall–Kier alpha value is 0.0700. The van der Waals surface area contributed by atoms with E-state index in [4.69, 9.17) is 0 Å². The van der Waals surface area contributed by atoms with Gasteiger partial charge >= 0.3 is 0 Å². The number of aliphatic hydroxyl groups excluding tert-OH is 1. The average Bonchev–Trinajstić information content (AvgIpc) is 1.99. The summed E-state index contributed by atoms with van der Waals surface area (Å²) in [6.07, 6.45) is 3.44. The smallest absolute Gasteiger partial charge is 0.149 e. The zero-order valence-corrected chi connectivity index (χ0v) is 8.67. The van der Waals surface area contributed by atoms with E-state index in [1.165, 1.54) is 0 Å². The molecular weight excluding hydrogens is 276 g/mol. The second-order valence-corrected chi connectivity index (χ2v) is 4.18. The number of hydrogen-bond acceptors (Lipinski definition) is 2. The van der Waals surface area contributed by atoms with Gasteiger partial charge in [0.05, 0.1) is 4.83 Å². The molecule has 2 atom stereocenters. The Morgan fingerprint density at radius 1 is 1.64 bits per heavy atom. The molecule has 0 spiro atoms. The number of alkyl halides is 1. The van der Waals surface area contributed by atoms with Crippen LogP contribution in [0.5, 0.6) is 0 Å². The van der Waals surface area contributed by atoms with Gasteiger partial charge in [-0.25, -0.2) is 0 Å². The minimum absolute atomic E-state index is 0.179. The fourth-order valence-electron chi connectivity index (χ4n) is 0.793. The molecule has 0 aromatic carbocycles. The normalized spacial score (nSPS) is 30.8. The number of allylic oxidation sites excluding steroid dienone is 2. The molecule has 0 saturated heterocycles. The van der Waals surface area contributed by atoms with Gasteiger partial charge in [-0.1, -0.05) is 37.9 Å². The number of halogens is 2. The van der Waals surface area contributed by atoms with E-state index < -0.39 is 6.10 Å². The summed E-state index contributed by atoms with van der Waals surface area (Å²) in [4.78, 5) is 10.1. The van der Waals surface area contributed by atoms with Crippen molar-refractivity contribution in [2.75, 3.05) is 0 Å². The molecule has 0 aromatic rings. The van der Waals surface area contributed by atoms with Gasteiger partial charge in [0.2, 0.25) is 0 Å². The monoisotopic (exact) mass is 280 g/mol. The van der Waals surface area contributed by atoms with E-state index in [2.05, 4.69) is 31.9 Å². The summed E-state index contributed by atoms with van der Waals surface area (Å²) >= 11 is 6.38. The molecule has 60 valence electrons. The zero-order valence-electron chi connectivity index (χ0n) is 5.50. The highest BCUT2D eigenvalue weighted by Crippen LogP contribution is 2.26. The molecule has 0 aliphatic heterocycles. The third-order valence-corrected chi connectivity index (χ3v) is 2.84. The second-order valence-electron chi connectivity index (χ2n) is 2.20. The highest BCUT2D eigenvalue weighted by atomic mass is 79.9. The number of rotatable bonds is 1. The van der Waals surface area contributed by atoms with Crippen molar-refractivity contribution in [1.29, 1.82) is 0 Å². The van der Waals surface area contributed by atoms with Crippen molar-refractivity contribution < 1.29 is 9.90 Å². The summed E-state index contributed by atoms with van der Waals surface area (Å²) in [7, 11) is 0. The number of aldehydes is 1. The first-order valence-corrected chi connectivity index (χ1v) is 4.72. The van der Waals surface area contributed by atoms with Crippen molar-refractivity contribution in [3.8, 4) is 0 Å². The van der Waals surface area contributed by atoms with E-state index >= 15 is 0 Å². The minimum Gasteiger partial charge on any atom is -0.386 e. The molecule has 0 aromatic heterocycles. The SMILES string of the molecule is O=CC1=CC(Br)C(O)C(Br)=C1. The summed E-state index contributed by atoms with van der Waals surface area (Å²) in [5, 5.41) is 9.34. The molecule has 4 heteroatoms. The van der Waals surface area contributed by atoms with Crippen molar-refractivity contribution in [3.05, 3.63) is 22.2 Å². The maximum atomic E-state index is 10.3. The molecule has 0 bridgehead atoms. The number of aliphatic hydroxyl groups is 1. The van der Waals surface area contributed by atoms with E-state index in [-0.39, 0.29) is 4.83 Å². The van der Waals surface area contributed by atoms with Crippen molar-refractivity contribution >= 4 is 38.1 Å². The van der Waals surface area contributed by atoms with Crippen molar-refractivity contribution in [1.82, 2.24) is 0 Å². The lowest BCUT2D eigenvalue weighted by Gasteiger charge is -2.17. The van der Waals surface area contributed by atoms with Crippen LogP contribution in [0.2, 0.25) is 0 Å². The van der Waals surface area contributed by atoms with Crippen LogP contribution in [-0.4, -0.2) is 22.3 Å². The van der Waals surface area contributed by atoms with Crippen LogP contribution in [0.25, 0.3) is 0 Å². The van der Waals surface area contributed by atoms with Gasteiger partial charge in [-0.15, -0.1) is 0 Å². The fraction of sp³-hybridized carbons (Fsp3) is 0.286. The number of hydrogen-bond donors (Lipinski definition) is 1. The van der Waals surface area contributed by atoms with Crippen LogP contribution < -0.4 is 0 Å². The molecule has 0 fully saturated rings. The zero-order chi connectivity index (χ0) is 8.43. The van der Waals surface area contributed by atoms with Gasteiger partial charge in [-0.05, 0) is 6.08 Å². The predicted molar refractivity (Wildman–Crippen MR) is 49.9 cm³/mol. The van der Waals surface area contributed by atoms with Gasteiger partial charge in [0, 0.05) is 10.1 Å². The van der Waals surface area contributed by atoms with Crippen molar-refractivity contribution in [2.24, 2.45) is 0 Å². The van der Waals surface area contributed by atoms with Gasteiger partial charge < -0.3 is 5.11 Å². The molecule has 0 saturated carbocycles. The Bertz CT molecular complexity index is 233. The molecule has 1 rings (SSSR count). The first-order valence-electron chi connectivity index (χ1n) is 3.01. The van der Waals surface area contributed by atoms with Crippen LogP contribution >= 0.6 is 31.9 Å². The summed E-state index contributed by atoms with van der Waals surface area (Å²) in [5.74, 6) is 0. The first-order chi connectivity index (χ1) is 5.15. The lowest BCUT2D eigenvalue weighted by atomic mass is 10.1. The lowest BCUT2D eigenvalue weighted by molar-refractivity contribution is -0.104. The van der Waals surface area contributed by atoms with Crippen molar-refractivity contribution in [2.45, 2.75) is 10.9 Å². The molecule has 2 unspecified atom stereocenters. The lowest BCUT2D eigenvalue weighted by Crippen LogP contribution is -2.21. The van der Waals surface area contributed by atoms with Crippen molar-refractivity contribution in [3.63, 3.8) is 0 Å². The summed E-state index contributed by atoms with van der Waals surface area (Å²) in [6.45, 7) is 0. The summed E-state index contributed by atoms with van der Waals surface area (Å²) < 4.78 is 0.629. The largest absolute Gasteiger partial charge is 0.386 e. The maximum absolute atomic E-state index is 10.3. The van der Waals surface area contributed by atoms with E-state index in [1.54, 1.807) is 12.2 Å². The molecule has 2 nitrogen and oxygen atoms in total. The molecule has 0 heterocycles. The topological polar surface area (TPSA) is 37.3 Å². The Kier molecular flexibility index (Phi) is 3.04. The standard InChI is InChI=1S/C7H6Br2O2/c8-5-1-4(3-10)2-6(9)7(5)11/h1-3,5,7,11H. The predicted octanol–water partition coefficient (Wildman–Crippen LogP) is 1.53. The minimum atomic E-state index is -0.585. The summed E-state index contributed by atoms with van der Waals surface area (Å²) in [6, 6.07) is 0. The quantitative estimate of drug-likeness (QED) is 0.585. The third-order valence-electron chi connectivity index (χ3n) is 1.38. The van der Waals surface area contributed by atoms with Gasteiger partial charge in [0.1, 0.15) is 12.4 Å². The number of carbonyl (C=O) groups excluding carboxylic acids is 1. The molecule has 0 radical (unpaired) electrons. The van der Waals surface area contributed by atoms with Gasteiger partial charge in [0.15, 0.2) is 0 Å². The molecule has 1 aliphatic carbocycles. The van der Waals surface area contributed by atoms with Crippen LogP contribution in [0.15, 0.2) is 22.2 Å². The first kappa shape index (κ1) is 9.16. The Morgan fingerprint density at radius 2 is 2.27 bits per heavy atom. The second kappa shape index (κ2) is 3.65. The van der Waals surface area contributed by atoms with Crippen LogP contribution in [0.1, 0.15) is 0 Å². The molecule has 1 N–H and O–H groups in total. The van der Waals surface area contributed by atoms with Gasteiger partial charge in [-0.3, -0.25) is 4.79 Å². The van der Waals surface area contributed by atoms with E-state index in [1.807, 2.05) is 0 Å². The highest BCUT2D eigenvalue weighted by Gasteiger charge is 2.21. The molecule has 11 heavy (non-hydrogen) atoms. The maximum Gasteiger partial charge on any atom is 0.149 e. The van der Waals surface area contributed by atoms with Crippen LogP contribution in [0.4, 0.5) is 0 Å². The van der Waals surface area contributed by atoms with E-state index in [9.17, 15) is 9.90 Å². The van der Waals surface area contributed by atoms with Crippen LogP contribution in [0, 0.1) is 0 Å². The Balaban J connectivity index is 2.90. The van der Waals surface area contributed by atoms with Gasteiger partial charge in [0.25, 0.3) is 0 Å². The number of carbonyl (C=O) groups is 1. The molecule has 0 amide bonds. The van der Waals surface area contributed by atoms with Crippen LogP contribution in [-0.2, 0) is 4.79 Å². The molecule has 1 aliphatic rings. The van der Waals surface area contributed by atoms with Gasteiger partial charge in [-0.2, -0.15) is 0 Å². The van der Waals surface area contributed by atoms with Crippen LogP contribution in [0.3, 0.4) is 0 Å². The summed E-state index contributed by atoms with van der Waals surface area (Å²) in [5.41, 5.74) is 0.573. The van der Waals surface area contributed by atoms with E-state index in [0.29, 0.717) is 10.1 Å². The average molecular weight is 282 g/mol. The molecular formula is C7H6Br2O2. The fourth-order valence-corrected chi connectivity index (χ4v) is 2.29.